The molecule has 14 heavy (non-hydrogen) atoms. The van der Waals surface area contributed by atoms with Crippen molar-refractivity contribution in [2.24, 2.45) is 11.8 Å². The molecule has 2 saturated carbocycles. The lowest BCUT2D eigenvalue weighted by Gasteiger charge is -2.16. The van der Waals surface area contributed by atoms with Crippen molar-refractivity contribution in [1.29, 1.82) is 0 Å². The van der Waals surface area contributed by atoms with Gasteiger partial charge in [-0.3, -0.25) is 0 Å². The number of nitrogens with one attached hydrogen (secondary N) is 2. The average Bonchev–Trinajstić information content (AvgIpc) is 3.09. The van der Waals surface area contributed by atoms with Crippen LogP contribution in [0.25, 0.3) is 0 Å². The van der Waals surface area contributed by atoms with E-state index in [-0.39, 0.29) is 0 Å². The number of aromatic amines is 1. The van der Waals surface area contributed by atoms with E-state index in [0.717, 1.165) is 24.4 Å². The largest absolute Gasteiger partial charge is 0.347 e. The molecule has 0 aliphatic heterocycles. The highest BCUT2D eigenvalue weighted by Crippen LogP contribution is 2.44. The van der Waals surface area contributed by atoms with Gasteiger partial charge in [0.15, 0.2) is 0 Å². The summed E-state index contributed by atoms with van der Waals surface area (Å²) in [5.41, 5.74) is 1.20. The third-order valence-corrected chi connectivity index (χ3v) is 3.34. The van der Waals surface area contributed by atoms with Gasteiger partial charge >= 0.3 is 0 Å². The van der Waals surface area contributed by atoms with Gasteiger partial charge < -0.3 is 10.3 Å². The summed E-state index contributed by atoms with van der Waals surface area (Å²) in [6.45, 7) is 0.956. The van der Waals surface area contributed by atoms with Crippen LogP contribution in [0.5, 0.6) is 0 Å². The molecule has 0 unspecified atom stereocenters. The molecule has 0 atom stereocenters. The Morgan fingerprint density at radius 2 is 2.07 bits per heavy atom. The molecule has 2 aliphatic carbocycles. The molecule has 76 valence electrons. The molecule has 0 amide bonds. The highest BCUT2D eigenvalue weighted by Gasteiger charge is 2.40. The lowest BCUT2D eigenvalue weighted by Crippen LogP contribution is -2.32. The summed E-state index contributed by atoms with van der Waals surface area (Å²) in [7, 11) is 0. The Labute approximate surface area is 84.3 Å². The molecule has 0 aromatic carbocycles. The SMILES string of the molecule is c1ncc(CNC(C2CC2)C2CC2)[nH]1. The van der Waals surface area contributed by atoms with Crippen LogP contribution in [-0.2, 0) is 6.54 Å². The maximum Gasteiger partial charge on any atom is 0.0922 e. The zero-order chi connectivity index (χ0) is 9.38. The summed E-state index contributed by atoms with van der Waals surface area (Å²) < 4.78 is 0. The maximum absolute atomic E-state index is 4.03. The molecule has 2 fully saturated rings. The van der Waals surface area contributed by atoms with E-state index >= 15 is 0 Å². The standard InChI is InChI=1S/C11H17N3/c1-2-8(1)11(9-3-4-9)13-6-10-5-12-7-14-10/h5,7-9,11,13H,1-4,6H2,(H,12,14). The van der Waals surface area contributed by atoms with Gasteiger partial charge in [-0.2, -0.15) is 0 Å². The molecule has 3 nitrogen and oxygen atoms in total. The van der Waals surface area contributed by atoms with Crippen LogP contribution >= 0.6 is 0 Å². The lowest BCUT2D eigenvalue weighted by molar-refractivity contribution is 0.414. The number of nitrogens with zero attached hydrogens (tertiary/aromatic N) is 1. The van der Waals surface area contributed by atoms with Gasteiger partial charge in [0.2, 0.25) is 0 Å². The predicted molar refractivity (Wildman–Crippen MR) is 54.7 cm³/mol. The number of hydrogen-bond acceptors (Lipinski definition) is 2. The third kappa shape index (κ3) is 1.82. The number of hydrogen-bond donors (Lipinski definition) is 2. The monoisotopic (exact) mass is 191 g/mol. The van der Waals surface area contributed by atoms with Gasteiger partial charge in [-0.1, -0.05) is 0 Å². The van der Waals surface area contributed by atoms with Crippen molar-refractivity contribution < 1.29 is 0 Å². The van der Waals surface area contributed by atoms with Crippen LogP contribution in [-0.4, -0.2) is 16.0 Å². The predicted octanol–water partition coefficient (Wildman–Crippen LogP) is 1.69. The first-order valence-corrected chi connectivity index (χ1v) is 5.64. The van der Waals surface area contributed by atoms with Crippen molar-refractivity contribution in [2.45, 2.75) is 38.3 Å². The van der Waals surface area contributed by atoms with Crippen LogP contribution in [0.3, 0.4) is 0 Å². The Balaban J connectivity index is 1.54. The van der Waals surface area contributed by atoms with Crippen LogP contribution in [0.4, 0.5) is 0 Å². The van der Waals surface area contributed by atoms with Gasteiger partial charge in [-0.15, -0.1) is 0 Å². The van der Waals surface area contributed by atoms with Crippen LogP contribution in [0.2, 0.25) is 0 Å². The molecule has 2 N–H and O–H groups in total. The van der Waals surface area contributed by atoms with Gasteiger partial charge in [0.05, 0.1) is 6.33 Å². The van der Waals surface area contributed by atoms with E-state index < -0.39 is 0 Å². The molecular formula is C11H17N3. The summed E-state index contributed by atoms with van der Waals surface area (Å²) in [4.78, 5) is 7.16. The molecule has 1 aromatic heterocycles. The van der Waals surface area contributed by atoms with Crippen LogP contribution < -0.4 is 5.32 Å². The van der Waals surface area contributed by atoms with Crippen LogP contribution in [0.1, 0.15) is 31.4 Å². The summed E-state index contributed by atoms with van der Waals surface area (Å²) in [6, 6.07) is 0.790. The van der Waals surface area contributed by atoms with Gasteiger partial charge in [0.25, 0.3) is 0 Å². The zero-order valence-electron chi connectivity index (χ0n) is 8.37. The minimum Gasteiger partial charge on any atom is -0.347 e. The summed E-state index contributed by atoms with van der Waals surface area (Å²) in [6.07, 6.45) is 9.42. The Morgan fingerprint density at radius 3 is 2.57 bits per heavy atom. The lowest BCUT2D eigenvalue weighted by atomic mass is 10.1. The second-order valence-electron chi connectivity index (χ2n) is 4.66. The highest BCUT2D eigenvalue weighted by molar-refractivity contribution is 4.99. The third-order valence-electron chi connectivity index (χ3n) is 3.34. The number of rotatable bonds is 5. The fourth-order valence-corrected chi connectivity index (χ4v) is 2.24. The zero-order valence-corrected chi connectivity index (χ0v) is 8.37. The smallest absolute Gasteiger partial charge is 0.0922 e. The molecule has 1 heterocycles. The first kappa shape index (κ1) is 8.48. The number of H-pyrrole nitrogens is 1. The van der Waals surface area contributed by atoms with Gasteiger partial charge in [-0.05, 0) is 37.5 Å². The normalized spacial score (nSPS) is 21.8. The molecule has 2 aliphatic rings. The van der Waals surface area contributed by atoms with Gasteiger partial charge in [-0.25, -0.2) is 4.98 Å². The van der Waals surface area contributed by atoms with Crippen molar-refractivity contribution in [2.75, 3.05) is 0 Å². The maximum atomic E-state index is 4.03. The Morgan fingerprint density at radius 1 is 1.36 bits per heavy atom. The topological polar surface area (TPSA) is 40.7 Å². The van der Waals surface area contributed by atoms with Crippen molar-refractivity contribution in [1.82, 2.24) is 15.3 Å². The molecule has 1 aromatic rings. The van der Waals surface area contributed by atoms with Crippen molar-refractivity contribution in [3.63, 3.8) is 0 Å². The fourth-order valence-electron chi connectivity index (χ4n) is 2.24. The van der Waals surface area contributed by atoms with Crippen molar-refractivity contribution in [3.8, 4) is 0 Å². The molecule has 0 bridgehead atoms. The first-order chi connectivity index (χ1) is 6.93. The van der Waals surface area contributed by atoms with E-state index in [0.29, 0.717) is 0 Å². The number of imidazole rings is 1. The summed E-state index contributed by atoms with van der Waals surface area (Å²) >= 11 is 0. The van der Waals surface area contributed by atoms with Gasteiger partial charge in [0.1, 0.15) is 0 Å². The van der Waals surface area contributed by atoms with E-state index in [4.69, 9.17) is 0 Å². The van der Waals surface area contributed by atoms with E-state index in [1.807, 2.05) is 6.20 Å². The Bertz CT molecular complexity index is 273. The quantitative estimate of drug-likeness (QED) is 0.743. The molecule has 0 saturated heterocycles. The summed E-state index contributed by atoms with van der Waals surface area (Å²) in [5, 5.41) is 3.67. The number of aromatic nitrogens is 2. The minimum absolute atomic E-state index is 0.790. The molecular weight excluding hydrogens is 174 g/mol. The minimum atomic E-state index is 0.790. The second-order valence-corrected chi connectivity index (χ2v) is 4.66. The summed E-state index contributed by atoms with van der Waals surface area (Å²) in [5.74, 6) is 1.95. The van der Waals surface area contributed by atoms with E-state index in [1.54, 1.807) is 6.33 Å². The molecule has 3 rings (SSSR count). The van der Waals surface area contributed by atoms with E-state index in [9.17, 15) is 0 Å². The highest BCUT2D eigenvalue weighted by atomic mass is 15.0. The fraction of sp³-hybridized carbons (Fsp3) is 0.727. The van der Waals surface area contributed by atoms with Gasteiger partial charge in [0, 0.05) is 24.5 Å². The average molecular weight is 191 g/mol. The van der Waals surface area contributed by atoms with Crippen LogP contribution in [0, 0.1) is 11.8 Å². The molecule has 0 radical (unpaired) electrons. The Hall–Kier alpha value is -0.830. The van der Waals surface area contributed by atoms with Crippen LogP contribution in [0.15, 0.2) is 12.5 Å². The van der Waals surface area contributed by atoms with Crippen molar-refractivity contribution in [3.05, 3.63) is 18.2 Å². The molecule has 3 heteroatoms. The second kappa shape index (κ2) is 3.39. The van der Waals surface area contributed by atoms with E-state index in [2.05, 4.69) is 15.3 Å². The van der Waals surface area contributed by atoms with E-state index in [1.165, 1.54) is 31.4 Å². The Kier molecular flexibility index (Phi) is 2.05. The van der Waals surface area contributed by atoms with Crippen molar-refractivity contribution >= 4 is 0 Å². The molecule has 0 spiro atoms. The first-order valence-electron chi connectivity index (χ1n) is 5.64.